The van der Waals surface area contributed by atoms with E-state index in [9.17, 15) is 0 Å². The molecule has 3 nitrogen and oxygen atoms in total. The van der Waals surface area contributed by atoms with E-state index in [1.807, 2.05) is 24.3 Å². The van der Waals surface area contributed by atoms with Gasteiger partial charge < -0.3 is 14.2 Å². The molecule has 5 heteroatoms. The molecule has 0 aliphatic rings. The molecule has 0 aliphatic carbocycles. The van der Waals surface area contributed by atoms with E-state index in [0.29, 0.717) is 28.9 Å². The number of furan rings is 2. The van der Waals surface area contributed by atoms with Gasteiger partial charge >= 0.3 is 0 Å². The fourth-order valence-electron chi connectivity index (χ4n) is 2.03. The summed E-state index contributed by atoms with van der Waals surface area (Å²) in [6.07, 6.45) is 1.66. The number of nitrogens with one attached hydrogen (secondary N) is 1. The monoisotopic (exact) mass is 321 g/mol. The van der Waals surface area contributed by atoms with Crippen LogP contribution in [0, 0.1) is 0 Å². The van der Waals surface area contributed by atoms with Crippen LogP contribution in [-0.2, 0) is 13.1 Å². The number of benzene rings is 1. The Labute approximate surface area is 132 Å². The summed E-state index contributed by atoms with van der Waals surface area (Å²) in [6, 6.07) is 12.9. The molecule has 0 amide bonds. The fourth-order valence-corrected chi connectivity index (χ4v) is 2.41. The van der Waals surface area contributed by atoms with Crippen LogP contribution in [-0.4, -0.2) is 0 Å². The molecule has 2 heterocycles. The largest absolute Gasteiger partial charge is 0.468 e. The van der Waals surface area contributed by atoms with Crippen molar-refractivity contribution >= 4 is 23.2 Å². The summed E-state index contributed by atoms with van der Waals surface area (Å²) in [5.74, 6) is 2.42. The van der Waals surface area contributed by atoms with Gasteiger partial charge in [-0.3, -0.25) is 0 Å². The first-order valence-electron chi connectivity index (χ1n) is 6.49. The van der Waals surface area contributed by atoms with Crippen LogP contribution >= 0.6 is 23.2 Å². The SMILES string of the molecule is Clc1ccc(Cl)c(-c2ccc(CNCc3ccco3)o2)c1. The number of hydrogen-bond donors (Lipinski definition) is 1. The lowest BCUT2D eigenvalue weighted by Crippen LogP contribution is -2.11. The highest BCUT2D eigenvalue weighted by atomic mass is 35.5. The molecular weight excluding hydrogens is 309 g/mol. The first-order chi connectivity index (χ1) is 10.2. The van der Waals surface area contributed by atoms with E-state index in [1.54, 1.807) is 24.5 Å². The standard InChI is InChI=1S/C16H13Cl2NO2/c17-11-3-5-15(18)14(8-11)16-6-4-13(21-16)10-19-9-12-2-1-7-20-12/h1-8,19H,9-10H2. The Morgan fingerprint density at radius 3 is 2.62 bits per heavy atom. The van der Waals surface area contributed by atoms with E-state index in [2.05, 4.69) is 5.32 Å². The van der Waals surface area contributed by atoms with E-state index in [1.165, 1.54) is 0 Å². The highest BCUT2D eigenvalue weighted by Crippen LogP contribution is 2.31. The van der Waals surface area contributed by atoms with E-state index in [0.717, 1.165) is 17.1 Å². The van der Waals surface area contributed by atoms with Crippen molar-refractivity contribution in [2.24, 2.45) is 0 Å². The summed E-state index contributed by atoms with van der Waals surface area (Å²) >= 11 is 12.2. The van der Waals surface area contributed by atoms with E-state index in [4.69, 9.17) is 32.0 Å². The van der Waals surface area contributed by atoms with Gasteiger partial charge in [-0.05, 0) is 42.5 Å². The van der Waals surface area contributed by atoms with Gasteiger partial charge in [-0.2, -0.15) is 0 Å². The molecule has 0 spiro atoms. The van der Waals surface area contributed by atoms with Gasteiger partial charge in [0.25, 0.3) is 0 Å². The third-order valence-corrected chi connectivity index (χ3v) is 3.60. The maximum atomic E-state index is 6.17. The Morgan fingerprint density at radius 1 is 0.952 bits per heavy atom. The van der Waals surface area contributed by atoms with Crippen LogP contribution in [0.1, 0.15) is 11.5 Å². The van der Waals surface area contributed by atoms with Gasteiger partial charge in [0.15, 0.2) is 0 Å². The molecule has 1 aromatic carbocycles. The maximum absolute atomic E-state index is 6.17. The van der Waals surface area contributed by atoms with Crippen LogP contribution in [0.3, 0.4) is 0 Å². The molecule has 0 aliphatic heterocycles. The lowest BCUT2D eigenvalue weighted by Gasteiger charge is -2.02. The van der Waals surface area contributed by atoms with Crippen LogP contribution in [0.5, 0.6) is 0 Å². The second-order valence-electron chi connectivity index (χ2n) is 4.57. The minimum atomic E-state index is 0.610. The van der Waals surface area contributed by atoms with Crippen molar-refractivity contribution in [1.82, 2.24) is 5.32 Å². The molecule has 0 fully saturated rings. The topological polar surface area (TPSA) is 38.3 Å². The highest BCUT2D eigenvalue weighted by molar-refractivity contribution is 6.35. The van der Waals surface area contributed by atoms with Crippen molar-refractivity contribution in [2.75, 3.05) is 0 Å². The van der Waals surface area contributed by atoms with Gasteiger partial charge in [-0.1, -0.05) is 23.2 Å². The molecule has 3 aromatic rings. The van der Waals surface area contributed by atoms with Gasteiger partial charge in [0.1, 0.15) is 17.3 Å². The van der Waals surface area contributed by atoms with Crippen LogP contribution in [0.25, 0.3) is 11.3 Å². The molecular formula is C16H13Cl2NO2. The van der Waals surface area contributed by atoms with Crippen molar-refractivity contribution in [1.29, 1.82) is 0 Å². The normalized spacial score (nSPS) is 11.0. The number of rotatable bonds is 5. The van der Waals surface area contributed by atoms with Crippen LogP contribution in [0.15, 0.2) is 57.6 Å². The molecule has 0 unspecified atom stereocenters. The molecule has 0 bridgehead atoms. The average Bonchev–Trinajstić information content (AvgIpc) is 3.13. The maximum Gasteiger partial charge on any atom is 0.135 e. The molecule has 21 heavy (non-hydrogen) atoms. The summed E-state index contributed by atoms with van der Waals surface area (Å²) in [4.78, 5) is 0. The third-order valence-electron chi connectivity index (χ3n) is 3.03. The highest BCUT2D eigenvalue weighted by Gasteiger charge is 2.09. The molecule has 0 atom stereocenters. The zero-order valence-corrected chi connectivity index (χ0v) is 12.6. The van der Waals surface area contributed by atoms with Crippen molar-refractivity contribution < 1.29 is 8.83 Å². The minimum Gasteiger partial charge on any atom is -0.468 e. The summed E-state index contributed by atoms with van der Waals surface area (Å²) in [7, 11) is 0. The summed E-state index contributed by atoms with van der Waals surface area (Å²) in [5.41, 5.74) is 0.793. The molecule has 108 valence electrons. The van der Waals surface area contributed by atoms with E-state index < -0.39 is 0 Å². The lowest BCUT2D eigenvalue weighted by atomic mass is 10.2. The predicted molar refractivity (Wildman–Crippen MR) is 83.4 cm³/mol. The van der Waals surface area contributed by atoms with Crippen LogP contribution < -0.4 is 5.32 Å². The molecule has 0 radical (unpaired) electrons. The smallest absolute Gasteiger partial charge is 0.135 e. The second kappa shape index (κ2) is 6.39. The van der Waals surface area contributed by atoms with Gasteiger partial charge in [0, 0.05) is 10.6 Å². The number of halogens is 2. The van der Waals surface area contributed by atoms with Crippen molar-refractivity contribution in [2.45, 2.75) is 13.1 Å². The molecule has 0 saturated carbocycles. The van der Waals surface area contributed by atoms with Crippen LogP contribution in [0.4, 0.5) is 0 Å². The van der Waals surface area contributed by atoms with Crippen molar-refractivity contribution in [3.8, 4) is 11.3 Å². The summed E-state index contributed by atoms with van der Waals surface area (Å²) in [6.45, 7) is 1.26. The Kier molecular flexibility index (Phi) is 4.34. The molecule has 3 rings (SSSR count). The first-order valence-corrected chi connectivity index (χ1v) is 7.25. The predicted octanol–water partition coefficient (Wildman–Crippen LogP) is 5.14. The number of hydrogen-bond acceptors (Lipinski definition) is 3. The van der Waals surface area contributed by atoms with Crippen LogP contribution in [0.2, 0.25) is 10.0 Å². The average molecular weight is 322 g/mol. The Bertz CT molecular complexity index is 720. The van der Waals surface area contributed by atoms with Gasteiger partial charge in [-0.15, -0.1) is 0 Å². The lowest BCUT2D eigenvalue weighted by molar-refractivity contribution is 0.455. The van der Waals surface area contributed by atoms with Gasteiger partial charge in [0.05, 0.1) is 24.4 Å². The second-order valence-corrected chi connectivity index (χ2v) is 5.42. The molecule has 1 N–H and O–H groups in total. The zero-order valence-electron chi connectivity index (χ0n) is 11.1. The Morgan fingerprint density at radius 2 is 1.81 bits per heavy atom. The first kappa shape index (κ1) is 14.3. The summed E-state index contributed by atoms with van der Waals surface area (Å²) in [5, 5.41) is 4.49. The summed E-state index contributed by atoms with van der Waals surface area (Å²) < 4.78 is 11.0. The van der Waals surface area contributed by atoms with E-state index in [-0.39, 0.29) is 0 Å². The third kappa shape index (κ3) is 3.50. The zero-order chi connectivity index (χ0) is 14.7. The fraction of sp³-hybridized carbons (Fsp3) is 0.125. The van der Waals surface area contributed by atoms with Crippen molar-refractivity contribution in [3.05, 3.63) is 70.3 Å². The van der Waals surface area contributed by atoms with Gasteiger partial charge in [-0.25, -0.2) is 0 Å². The molecule has 0 saturated heterocycles. The van der Waals surface area contributed by atoms with Crippen molar-refractivity contribution in [3.63, 3.8) is 0 Å². The Hall–Kier alpha value is -1.68. The Balaban J connectivity index is 1.67. The molecule has 2 aromatic heterocycles. The van der Waals surface area contributed by atoms with E-state index >= 15 is 0 Å². The van der Waals surface area contributed by atoms with Gasteiger partial charge in [0.2, 0.25) is 0 Å². The minimum absolute atomic E-state index is 0.610. The quantitative estimate of drug-likeness (QED) is 0.707.